The third-order valence-electron chi connectivity index (χ3n) is 4.46. The lowest BCUT2D eigenvalue weighted by Gasteiger charge is -2.14. The molecule has 22 heavy (non-hydrogen) atoms. The van der Waals surface area contributed by atoms with Crippen LogP contribution in [0.25, 0.3) is 10.9 Å². The molecule has 4 N–H and O–H groups in total. The van der Waals surface area contributed by atoms with Gasteiger partial charge in [-0.15, -0.1) is 11.8 Å². The average molecular weight is 314 g/mol. The third-order valence-corrected chi connectivity index (χ3v) is 5.77. The van der Waals surface area contributed by atoms with Gasteiger partial charge in [0.25, 0.3) is 0 Å². The van der Waals surface area contributed by atoms with Crippen molar-refractivity contribution < 1.29 is 0 Å². The number of hydrogen-bond donors (Lipinski definition) is 3. The quantitative estimate of drug-likeness (QED) is 0.809. The van der Waals surface area contributed by atoms with Gasteiger partial charge in [-0.25, -0.2) is 0 Å². The molecule has 4 rings (SSSR count). The molecular formula is C17H22N4S. The minimum Gasteiger partial charge on any atom is -0.381 e. The molecule has 1 fully saturated rings. The predicted octanol–water partition coefficient (Wildman–Crippen LogP) is 3.69. The van der Waals surface area contributed by atoms with Crippen molar-refractivity contribution in [1.29, 1.82) is 0 Å². The maximum Gasteiger partial charge on any atom is 0.116 e. The van der Waals surface area contributed by atoms with E-state index in [1.54, 1.807) is 11.8 Å². The summed E-state index contributed by atoms with van der Waals surface area (Å²) in [5, 5.41) is 5.95. The molecule has 0 bridgehead atoms. The Kier molecular flexibility index (Phi) is 3.42. The molecule has 0 spiro atoms. The number of aliphatic imine (C=N–C) groups is 1. The summed E-state index contributed by atoms with van der Waals surface area (Å²) in [7, 11) is 0. The predicted molar refractivity (Wildman–Crippen MR) is 95.8 cm³/mol. The number of nitrogens with one attached hydrogen (secondary N) is 2. The molecule has 1 aliphatic heterocycles. The number of aromatic nitrogens is 1. The molecule has 2 aliphatic rings. The SMILES string of the molecule is CC1(N)CSC(c2cc3cccc(NC4CCCC4)c3[nH]2)=N1. The Balaban J connectivity index is 1.68. The first-order valence-electron chi connectivity index (χ1n) is 8.01. The molecule has 5 heteroatoms. The Morgan fingerprint density at radius 2 is 2.18 bits per heavy atom. The molecule has 116 valence electrons. The standard InChI is InChI=1S/C17H22N4S/c1-17(18)10-22-16(21-17)14-9-11-5-4-8-13(15(11)20-14)19-12-6-2-3-7-12/h4-5,8-9,12,19-20H,2-3,6-7,10,18H2,1H3. The summed E-state index contributed by atoms with van der Waals surface area (Å²) < 4.78 is 0. The Morgan fingerprint density at radius 1 is 1.36 bits per heavy atom. The monoisotopic (exact) mass is 314 g/mol. The highest BCUT2D eigenvalue weighted by Crippen LogP contribution is 2.32. The van der Waals surface area contributed by atoms with Crippen LogP contribution in [0.3, 0.4) is 0 Å². The van der Waals surface area contributed by atoms with Gasteiger partial charge in [0.1, 0.15) is 10.7 Å². The minimum atomic E-state index is -0.442. The van der Waals surface area contributed by atoms with Crippen molar-refractivity contribution in [1.82, 2.24) is 4.98 Å². The normalized spacial score (nSPS) is 25.8. The number of H-pyrrole nitrogens is 1. The summed E-state index contributed by atoms with van der Waals surface area (Å²) in [6, 6.07) is 9.23. The number of aromatic amines is 1. The molecule has 2 heterocycles. The Labute approximate surface area is 135 Å². The topological polar surface area (TPSA) is 66.2 Å². The van der Waals surface area contributed by atoms with Crippen LogP contribution < -0.4 is 11.1 Å². The molecule has 1 unspecified atom stereocenters. The van der Waals surface area contributed by atoms with E-state index in [2.05, 4.69) is 39.6 Å². The van der Waals surface area contributed by atoms with E-state index in [1.807, 2.05) is 6.92 Å². The number of anilines is 1. The van der Waals surface area contributed by atoms with Crippen LogP contribution >= 0.6 is 11.8 Å². The molecule has 0 saturated heterocycles. The zero-order chi connectivity index (χ0) is 15.2. The molecule has 0 radical (unpaired) electrons. The van der Waals surface area contributed by atoms with Gasteiger partial charge in [0.05, 0.1) is 16.9 Å². The molecular weight excluding hydrogens is 292 g/mol. The van der Waals surface area contributed by atoms with Crippen LogP contribution in [-0.2, 0) is 0 Å². The van der Waals surface area contributed by atoms with Crippen LogP contribution in [-0.4, -0.2) is 27.5 Å². The highest BCUT2D eigenvalue weighted by atomic mass is 32.2. The van der Waals surface area contributed by atoms with E-state index in [-0.39, 0.29) is 0 Å². The summed E-state index contributed by atoms with van der Waals surface area (Å²) in [5.41, 5.74) is 9.12. The summed E-state index contributed by atoms with van der Waals surface area (Å²) in [6.45, 7) is 1.97. The van der Waals surface area contributed by atoms with Crippen molar-refractivity contribution in [3.8, 4) is 0 Å². The second kappa shape index (κ2) is 5.32. The van der Waals surface area contributed by atoms with Gasteiger partial charge in [0, 0.05) is 17.2 Å². The fraction of sp³-hybridized carbons (Fsp3) is 0.471. The lowest BCUT2D eigenvalue weighted by molar-refractivity contribution is 0.570. The van der Waals surface area contributed by atoms with Gasteiger partial charge < -0.3 is 16.0 Å². The number of benzene rings is 1. The lowest BCUT2D eigenvalue weighted by atomic mass is 10.2. The third kappa shape index (κ3) is 2.63. The van der Waals surface area contributed by atoms with Gasteiger partial charge in [-0.1, -0.05) is 25.0 Å². The van der Waals surface area contributed by atoms with E-state index in [1.165, 1.54) is 42.3 Å². The Hall–Kier alpha value is -1.46. The fourth-order valence-electron chi connectivity index (χ4n) is 3.33. The smallest absolute Gasteiger partial charge is 0.116 e. The number of fused-ring (bicyclic) bond motifs is 1. The minimum absolute atomic E-state index is 0.442. The molecule has 1 aromatic heterocycles. The number of rotatable bonds is 3. The van der Waals surface area contributed by atoms with Crippen molar-refractivity contribution in [3.63, 3.8) is 0 Å². The molecule has 1 aliphatic carbocycles. The van der Waals surface area contributed by atoms with Gasteiger partial charge in [-0.05, 0) is 31.9 Å². The highest BCUT2D eigenvalue weighted by Gasteiger charge is 2.27. The van der Waals surface area contributed by atoms with Crippen LogP contribution in [0.5, 0.6) is 0 Å². The van der Waals surface area contributed by atoms with Crippen molar-refractivity contribution in [2.24, 2.45) is 10.7 Å². The second-order valence-corrected chi connectivity index (χ2v) is 7.61. The van der Waals surface area contributed by atoms with Crippen molar-refractivity contribution >= 4 is 33.4 Å². The first-order valence-corrected chi connectivity index (χ1v) is 8.99. The van der Waals surface area contributed by atoms with Gasteiger partial charge in [0.2, 0.25) is 0 Å². The van der Waals surface area contributed by atoms with Crippen molar-refractivity contribution in [2.45, 2.75) is 44.3 Å². The van der Waals surface area contributed by atoms with Crippen LogP contribution in [0.4, 0.5) is 5.69 Å². The second-order valence-electron chi connectivity index (χ2n) is 6.64. The number of nitrogens with two attached hydrogens (primary N) is 1. The van der Waals surface area contributed by atoms with E-state index in [0.29, 0.717) is 6.04 Å². The van der Waals surface area contributed by atoms with Crippen molar-refractivity contribution in [2.75, 3.05) is 11.1 Å². The fourth-order valence-corrected chi connectivity index (χ4v) is 4.36. The highest BCUT2D eigenvalue weighted by molar-refractivity contribution is 8.14. The number of nitrogens with zero attached hydrogens (tertiary/aromatic N) is 1. The van der Waals surface area contributed by atoms with Crippen LogP contribution in [0.15, 0.2) is 29.3 Å². The van der Waals surface area contributed by atoms with E-state index in [0.717, 1.165) is 16.5 Å². The summed E-state index contributed by atoms with van der Waals surface area (Å²) in [4.78, 5) is 8.17. The van der Waals surface area contributed by atoms with E-state index in [9.17, 15) is 0 Å². The number of para-hydroxylation sites is 1. The first-order chi connectivity index (χ1) is 10.6. The Bertz CT molecular complexity index is 725. The zero-order valence-corrected chi connectivity index (χ0v) is 13.7. The van der Waals surface area contributed by atoms with Crippen molar-refractivity contribution in [3.05, 3.63) is 30.0 Å². The van der Waals surface area contributed by atoms with Gasteiger partial charge >= 0.3 is 0 Å². The number of hydrogen-bond acceptors (Lipinski definition) is 4. The molecule has 2 aromatic rings. The van der Waals surface area contributed by atoms with E-state index < -0.39 is 5.66 Å². The summed E-state index contributed by atoms with van der Waals surface area (Å²) in [5.74, 6) is 0.838. The maximum absolute atomic E-state index is 6.10. The van der Waals surface area contributed by atoms with Gasteiger partial charge in [-0.3, -0.25) is 4.99 Å². The maximum atomic E-state index is 6.10. The average Bonchev–Trinajstić information content (AvgIpc) is 3.17. The molecule has 1 saturated carbocycles. The molecule has 1 atom stereocenters. The number of thioether (sulfide) groups is 1. The van der Waals surface area contributed by atoms with Gasteiger partial charge in [0.15, 0.2) is 0 Å². The van der Waals surface area contributed by atoms with E-state index >= 15 is 0 Å². The molecule has 0 amide bonds. The summed E-state index contributed by atoms with van der Waals surface area (Å²) in [6.07, 6.45) is 5.23. The lowest BCUT2D eigenvalue weighted by Crippen LogP contribution is -2.33. The van der Waals surface area contributed by atoms with E-state index in [4.69, 9.17) is 5.73 Å². The molecule has 4 nitrogen and oxygen atoms in total. The Morgan fingerprint density at radius 3 is 2.91 bits per heavy atom. The summed E-state index contributed by atoms with van der Waals surface area (Å²) >= 11 is 1.73. The molecule has 1 aromatic carbocycles. The largest absolute Gasteiger partial charge is 0.381 e. The van der Waals surface area contributed by atoms with Crippen LogP contribution in [0.2, 0.25) is 0 Å². The van der Waals surface area contributed by atoms with Crippen LogP contribution in [0.1, 0.15) is 38.3 Å². The first kappa shape index (κ1) is 14.2. The zero-order valence-electron chi connectivity index (χ0n) is 12.9. The van der Waals surface area contributed by atoms with Crippen LogP contribution in [0, 0.1) is 0 Å². The van der Waals surface area contributed by atoms with Gasteiger partial charge in [-0.2, -0.15) is 0 Å².